The molecule has 126 valence electrons. The summed E-state index contributed by atoms with van der Waals surface area (Å²) >= 11 is 3.35. The molecule has 0 unspecified atom stereocenters. The van der Waals surface area contributed by atoms with Crippen LogP contribution in [0, 0.1) is 12.7 Å². The smallest absolute Gasteiger partial charge is 0.273 e. The van der Waals surface area contributed by atoms with E-state index in [4.69, 9.17) is 0 Å². The molecule has 5 nitrogen and oxygen atoms in total. The van der Waals surface area contributed by atoms with Gasteiger partial charge in [-0.15, -0.1) is 0 Å². The molecule has 1 fully saturated rings. The molecule has 0 atom stereocenters. The second-order valence-electron chi connectivity index (χ2n) is 5.44. The van der Waals surface area contributed by atoms with Crippen molar-refractivity contribution in [3.05, 3.63) is 69.5 Å². The molecule has 1 saturated heterocycles. The molecule has 3 rings (SSSR count). The highest BCUT2D eigenvalue weighted by Crippen LogP contribution is 2.26. The minimum Gasteiger partial charge on any atom is -0.273 e. The van der Waals surface area contributed by atoms with Crippen molar-refractivity contribution in [2.75, 3.05) is 4.90 Å². The van der Waals surface area contributed by atoms with Gasteiger partial charge in [0, 0.05) is 4.47 Å². The highest BCUT2D eigenvalue weighted by Gasteiger charge is 2.36. The normalized spacial score (nSPS) is 16.4. The Balaban J connectivity index is 2.02. The zero-order valence-electron chi connectivity index (χ0n) is 13.0. The molecular weight excluding hydrogens is 391 g/mol. The number of nitrogens with one attached hydrogen (secondary N) is 1. The number of aryl methyl sites for hydroxylation is 1. The van der Waals surface area contributed by atoms with Crippen molar-refractivity contribution in [3.63, 3.8) is 0 Å². The maximum Gasteiger partial charge on any atom is 0.335 e. The number of urea groups is 1. The SMILES string of the molecule is Cc1cc(N2C(=O)NC(=O)/C(=C/c3ccc(F)cc3)C2=O)ccc1Br. The third-order valence-corrected chi connectivity index (χ3v) is 4.57. The Morgan fingerprint density at radius 1 is 1.08 bits per heavy atom. The molecule has 1 aliphatic rings. The van der Waals surface area contributed by atoms with Gasteiger partial charge < -0.3 is 0 Å². The maximum atomic E-state index is 13.0. The molecule has 1 aliphatic heterocycles. The highest BCUT2D eigenvalue weighted by molar-refractivity contribution is 9.10. The lowest BCUT2D eigenvalue weighted by molar-refractivity contribution is -0.122. The fourth-order valence-electron chi connectivity index (χ4n) is 2.39. The van der Waals surface area contributed by atoms with E-state index in [9.17, 15) is 18.8 Å². The molecule has 0 radical (unpaired) electrons. The number of hydrogen-bond acceptors (Lipinski definition) is 3. The summed E-state index contributed by atoms with van der Waals surface area (Å²) in [5.74, 6) is -1.95. The summed E-state index contributed by atoms with van der Waals surface area (Å²) in [6.45, 7) is 1.82. The van der Waals surface area contributed by atoms with Gasteiger partial charge in [0.2, 0.25) is 0 Å². The van der Waals surface area contributed by atoms with Crippen LogP contribution in [0.3, 0.4) is 0 Å². The summed E-state index contributed by atoms with van der Waals surface area (Å²) in [5.41, 5.74) is 1.45. The number of hydrogen-bond donors (Lipinski definition) is 1. The molecule has 1 N–H and O–H groups in total. The second kappa shape index (κ2) is 6.60. The number of imide groups is 2. The van der Waals surface area contributed by atoms with Crippen LogP contribution in [0.1, 0.15) is 11.1 Å². The molecule has 0 saturated carbocycles. The molecule has 0 aliphatic carbocycles. The standard InChI is InChI=1S/C18H12BrFN2O3/c1-10-8-13(6-7-15(10)19)22-17(24)14(16(23)21-18(22)25)9-11-2-4-12(20)5-3-11/h2-9H,1H3,(H,21,23,25)/b14-9-. The van der Waals surface area contributed by atoms with Gasteiger partial charge in [-0.3, -0.25) is 14.9 Å². The van der Waals surface area contributed by atoms with Crippen molar-refractivity contribution in [3.8, 4) is 0 Å². The van der Waals surface area contributed by atoms with E-state index in [2.05, 4.69) is 21.2 Å². The van der Waals surface area contributed by atoms with Crippen molar-refractivity contribution >= 4 is 45.5 Å². The maximum absolute atomic E-state index is 13.0. The fourth-order valence-corrected chi connectivity index (χ4v) is 2.63. The number of halogens is 2. The van der Waals surface area contributed by atoms with E-state index in [0.717, 1.165) is 14.9 Å². The van der Waals surface area contributed by atoms with Crippen LogP contribution in [0.2, 0.25) is 0 Å². The Morgan fingerprint density at radius 2 is 1.76 bits per heavy atom. The lowest BCUT2D eigenvalue weighted by Gasteiger charge is -2.26. The molecule has 7 heteroatoms. The zero-order chi connectivity index (χ0) is 18.1. The van der Waals surface area contributed by atoms with Gasteiger partial charge in [0.15, 0.2) is 0 Å². The Kier molecular flexibility index (Phi) is 4.50. The van der Waals surface area contributed by atoms with Crippen LogP contribution in [-0.4, -0.2) is 17.8 Å². The Hall–Kier alpha value is -2.80. The highest BCUT2D eigenvalue weighted by atomic mass is 79.9. The van der Waals surface area contributed by atoms with Gasteiger partial charge in [-0.1, -0.05) is 28.1 Å². The number of amides is 4. The average Bonchev–Trinajstić information content (AvgIpc) is 2.56. The Morgan fingerprint density at radius 3 is 2.40 bits per heavy atom. The van der Waals surface area contributed by atoms with E-state index in [0.29, 0.717) is 11.3 Å². The van der Waals surface area contributed by atoms with Crippen LogP contribution in [0.25, 0.3) is 6.08 Å². The number of rotatable bonds is 2. The van der Waals surface area contributed by atoms with Gasteiger partial charge in [0.25, 0.3) is 11.8 Å². The van der Waals surface area contributed by atoms with Crippen molar-refractivity contribution < 1.29 is 18.8 Å². The van der Waals surface area contributed by atoms with Crippen LogP contribution in [-0.2, 0) is 9.59 Å². The van der Waals surface area contributed by atoms with Gasteiger partial charge in [-0.25, -0.2) is 14.1 Å². The van der Waals surface area contributed by atoms with Gasteiger partial charge in [0.05, 0.1) is 5.69 Å². The summed E-state index contributed by atoms with van der Waals surface area (Å²) in [5, 5.41) is 2.15. The Bertz CT molecular complexity index is 922. The van der Waals surface area contributed by atoms with E-state index in [-0.39, 0.29) is 5.57 Å². The topological polar surface area (TPSA) is 66.5 Å². The molecule has 1 heterocycles. The lowest BCUT2D eigenvalue weighted by Crippen LogP contribution is -2.54. The zero-order valence-corrected chi connectivity index (χ0v) is 14.6. The van der Waals surface area contributed by atoms with Gasteiger partial charge in [-0.05, 0) is 54.5 Å². The van der Waals surface area contributed by atoms with Gasteiger partial charge in [-0.2, -0.15) is 0 Å². The first kappa shape index (κ1) is 17.0. The van der Waals surface area contributed by atoms with Crippen LogP contribution < -0.4 is 10.2 Å². The Labute approximate surface area is 151 Å². The molecule has 2 aromatic rings. The summed E-state index contributed by atoms with van der Waals surface area (Å²) < 4.78 is 13.8. The van der Waals surface area contributed by atoms with E-state index in [1.165, 1.54) is 30.3 Å². The summed E-state index contributed by atoms with van der Waals surface area (Å²) in [7, 11) is 0. The van der Waals surface area contributed by atoms with Gasteiger partial charge in [0.1, 0.15) is 11.4 Å². The van der Waals surface area contributed by atoms with Gasteiger partial charge >= 0.3 is 6.03 Å². The molecular formula is C18H12BrFN2O3. The third kappa shape index (κ3) is 3.36. The molecule has 4 amide bonds. The fraction of sp³-hybridized carbons (Fsp3) is 0.0556. The summed E-state index contributed by atoms with van der Waals surface area (Å²) in [6.07, 6.45) is 1.32. The molecule has 0 bridgehead atoms. The van der Waals surface area contributed by atoms with E-state index in [1.54, 1.807) is 18.2 Å². The van der Waals surface area contributed by atoms with Crippen LogP contribution >= 0.6 is 15.9 Å². The predicted octanol–water partition coefficient (Wildman–Crippen LogP) is 3.56. The molecule has 2 aromatic carbocycles. The molecule has 0 spiro atoms. The van der Waals surface area contributed by atoms with Crippen molar-refractivity contribution in [1.82, 2.24) is 5.32 Å². The number of carbonyl (C=O) groups excluding carboxylic acids is 3. The quantitative estimate of drug-likeness (QED) is 0.616. The first-order chi connectivity index (χ1) is 11.9. The van der Waals surface area contributed by atoms with Crippen LogP contribution in [0.5, 0.6) is 0 Å². The van der Waals surface area contributed by atoms with Crippen molar-refractivity contribution in [2.24, 2.45) is 0 Å². The van der Waals surface area contributed by atoms with E-state index >= 15 is 0 Å². The lowest BCUT2D eigenvalue weighted by atomic mass is 10.1. The van der Waals surface area contributed by atoms with Crippen LogP contribution in [0.4, 0.5) is 14.9 Å². The largest absolute Gasteiger partial charge is 0.335 e. The molecule has 0 aromatic heterocycles. The second-order valence-corrected chi connectivity index (χ2v) is 6.30. The summed E-state index contributed by atoms with van der Waals surface area (Å²) in [6, 6.07) is 9.48. The summed E-state index contributed by atoms with van der Waals surface area (Å²) in [4.78, 5) is 37.8. The monoisotopic (exact) mass is 402 g/mol. The van der Waals surface area contributed by atoms with E-state index < -0.39 is 23.7 Å². The average molecular weight is 403 g/mol. The van der Waals surface area contributed by atoms with Crippen molar-refractivity contribution in [2.45, 2.75) is 6.92 Å². The van der Waals surface area contributed by atoms with E-state index in [1.807, 2.05) is 6.92 Å². The molecule has 25 heavy (non-hydrogen) atoms. The number of barbiturate groups is 1. The number of carbonyl (C=O) groups is 3. The number of benzene rings is 2. The van der Waals surface area contributed by atoms with Crippen molar-refractivity contribution in [1.29, 1.82) is 0 Å². The minimum atomic E-state index is -0.812. The number of anilines is 1. The first-order valence-corrected chi connectivity index (χ1v) is 8.09. The minimum absolute atomic E-state index is 0.202. The van der Waals surface area contributed by atoms with Crippen LogP contribution in [0.15, 0.2) is 52.5 Å². The third-order valence-electron chi connectivity index (χ3n) is 3.68. The predicted molar refractivity (Wildman–Crippen MR) is 94.3 cm³/mol. The first-order valence-electron chi connectivity index (χ1n) is 7.30. The number of nitrogens with zero attached hydrogens (tertiary/aromatic N) is 1.